The fourth-order valence-electron chi connectivity index (χ4n) is 2.60. The number of hydrogen-bond donors (Lipinski definition) is 0. The van der Waals surface area contributed by atoms with Gasteiger partial charge in [0.1, 0.15) is 0 Å². The Morgan fingerprint density at radius 3 is 2.75 bits per heavy atom. The summed E-state index contributed by atoms with van der Waals surface area (Å²) in [6.07, 6.45) is 2.06. The molecule has 8 nitrogen and oxygen atoms in total. The lowest BCUT2D eigenvalue weighted by atomic mass is 10.2. The minimum Gasteiger partial charge on any atom is -0.450 e. The van der Waals surface area contributed by atoms with Gasteiger partial charge in [0.25, 0.3) is 5.91 Å². The summed E-state index contributed by atoms with van der Waals surface area (Å²) in [5, 5.41) is 3.58. The van der Waals surface area contributed by atoms with E-state index in [-0.39, 0.29) is 23.3 Å². The van der Waals surface area contributed by atoms with Gasteiger partial charge >= 0.3 is 5.97 Å². The minimum atomic E-state index is -3.10. The third kappa shape index (κ3) is 4.80. The summed E-state index contributed by atoms with van der Waals surface area (Å²) in [4.78, 5) is 25.7. The summed E-state index contributed by atoms with van der Waals surface area (Å²) < 4.78 is 33.0. The van der Waals surface area contributed by atoms with Gasteiger partial charge in [-0.25, -0.2) is 13.2 Å². The van der Waals surface area contributed by atoms with Crippen LogP contribution in [0.3, 0.4) is 0 Å². The Morgan fingerprint density at radius 1 is 1.46 bits per heavy atom. The van der Waals surface area contributed by atoms with Crippen molar-refractivity contribution in [1.29, 1.82) is 0 Å². The zero-order valence-electron chi connectivity index (χ0n) is 13.9. The number of hydrogen-bond acceptors (Lipinski definition) is 7. The highest BCUT2D eigenvalue weighted by atomic mass is 32.2. The Hall–Kier alpha value is -1.90. The first-order valence-corrected chi connectivity index (χ1v) is 9.75. The summed E-state index contributed by atoms with van der Waals surface area (Å²) in [6.45, 7) is 3.66. The van der Waals surface area contributed by atoms with Gasteiger partial charge < -0.3 is 14.2 Å². The molecule has 0 aromatic carbocycles. The molecule has 1 fully saturated rings. The van der Waals surface area contributed by atoms with E-state index in [1.54, 1.807) is 6.92 Å². The maximum Gasteiger partial charge on any atom is 0.377 e. The SMILES string of the molecule is CCCCN(C(=O)COC(=O)c1cc(C)no1)C1CCS(=O)(=O)C1. The van der Waals surface area contributed by atoms with E-state index < -0.39 is 28.3 Å². The first-order chi connectivity index (χ1) is 11.3. The van der Waals surface area contributed by atoms with E-state index in [0.29, 0.717) is 18.7 Å². The maximum absolute atomic E-state index is 12.4. The van der Waals surface area contributed by atoms with Crippen molar-refractivity contribution in [2.24, 2.45) is 0 Å². The third-order valence-electron chi connectivity index (χ3n) is 3.88. The van der Waals surface area contributed by atoms with Crippen LogP contribution in [0.2, 0.25) is 0 Å². The van der Waals surface area contributed by atoms with Gasteiger partial charge in [0.05, 0.1) is 17.2 Å². The number of aryl methyl sites for hydroxylation is 1. The van der Waals surface area contributed by atoms with Gasteiger partial charge in [0.2, 0.25) is 5.76 Å². The number of sulfone groups is 1. The molecule has 1 saturated heterocycles. The molecule has 2 heterocycles. The fourth-order valence-corrected chi connectivity index (χ4v) is 4.33. The van der Waals surface area contributed by atoms with Crippen molar-refractivity contribution < 1.29 is 27.3 Å². The predicted octanol–water partition coefficient (Wildman–Crippen LogP) is 0.956. The Kier molecular flexibility index (Phi) is 5.98. The molecule has 1 aliphatic rings. The number of unbranched alkanes of at least 4 members (excludes halogenated alkanes) is 1. The van der Waals surface area contributed by atoms with Crippen LogP contribution in [0.15, 0.2) is 10.6 Å². The molecule has 2 rings (SSSR count). The largest absolute Gasteiger partial charge is 0.450 e. The molecule has 1 amide bonds. The standard InChI is InChI=1S/C15H22N2O6S/c1-3-4-6-17(12-5-7-24(20,21)10-12)14(18)9-22-15(19)13-8-11(2)16-23-13/h8,12H,3-7,9-10H2,1-2H3. The number of aromatic nitrogens is 1. The van der Waals surface area contributed by atoms with Crippen molar-refractivity contribution in [3.63, 3.8) is 0 Å². The lowest BCUT2D eigenvalue weighted by Crippen LogP contribution is -2.43. The highest BCUT2D eigenvalue weighted by Gasteiger charge is 2.34. The molecule has 1 aliphatic heterocycles. The molecule has 0 saturated carbocycles. The first-order valence-electron chi connectivity index (χ1n) is 7.92. The number of esters is 1. The zero-order valence-corrected chi connectivity index (χ0v) is 14.7. The predicted molar refractivity (Wildman–Crippen MR) is 85.2 cm³/mol. The maximum atomic E-state index is 12.4. The second-order valence-corrected chi connectivity index (χ2v) is 8.13. The molecule has 0 radical (unpaired) electrons. The first kappa shape index (κ1) is 18.4. The smallest absolute Gasteiger partial charge is 0.377 e. The Balaban J connectivity index is 1.96. The van der Waals surface area contributed by atoms with E-state index in [9.17, 15) is 18.0 Å². The van der Waals surface area contributed by atoms with Crippen LogP contribution < -0.4 is 0 Å². The van der Waals surface area contributed by atoms with Crippen molar-refractivity contribution in [1.82, 2.24) is 10.1 Å². The van der Waals surface area contributed by atoms with Crippen LogP contribution in [0.4, 0.5) is 0 Å². The van der Waals surface area contributed by atoms with E-state index in [1.807, 2.05) is 6.92 Å². The number of nitrogens with zero attached hydrogens (tertiary/aromatic N) is 2. The van der Waals surface area contributed by atoms with Crippen LogP contribution >= 0.6 is 0 Å². The third-order valence-corrected chi connectivity index (χ3v) is 5.63. The molecule has 134 valence electrons. The van der Waals surface area contributed by atoms with E-state index in [0.717, 1.165) is 12.8 Å². The monoisotopic (exact) mass is 358 g/mol. The van der Waals surface area contributed by atoms with E-state index in [1.165, 1.54) is 11.0 Å². The Morgan fingerprint density at radius 2 is 2.21 bits per heavy atom. The van der Waals surface area contributed by atoms with Crippen LogP contribution in [0.1, 0.15) is 42.4 Å². The number of ether oxygens (including phenoxy) is 1. The number of amides is 1. The van der Waals surface area contributed by atoms with E-state index in [2.05, 4.69) is 5.16 Å². The molecule has 1 aromatic rings. The summed E-state index contributed by atoms with van der Waals surface area (Å²) >= 11 is 0. The topological polar surface area (TPSA) is 107 Å². The lowest BCUT2D eigenvalue weighted by molar-refractivity contribution is -0.136. The van der Waals surface area contributed by atoms with Crippen molar-refractivity contribution in [3.05, 3.63) is 17.5 Å². The zero-order chi connectivity index (χ0) is 17.7. The summed E-state index contributed by atoms with van der Waals surface area (Å²) in [6, 6.07) is 1.07. The van der Waals surface area contributed by atoms with E-state index in [4.69, 9.17) is 9.26 Å². The van der Waals surface area contributed by atoms with Crippen molar-refractivity contribution in [2.75, 3.05) is 24.7 Å². The average Bonchev–Trinajstić information content (AvgIpc) is 3.11. The van der Waals surface area contributed by atoms with Crippen LogP contribution in [-0.4, -0.2) is 61.1 Å². The highest BCUT2D eigenvalue weighted by Crippen LogP contribution is 2.19. The molecule has 0 bridgehead atoms. The molecule has 9 heteroatoms. The fraction of sp³-hybridized carbons (Fsp3) is 0.667. The minimum absolute atomic E-state index is 0.0301. The van der Waals surface area contributed by atoms with Gasteiger partial charge in [-0.1, -0.05) is 18.5 Å². The van der Waals surface area contributed by atoms with Gasteiger partial charge in [0, 0.05) is 18.7 Å². The highest BCUT2D eigenvalue weighted by molar-refractivity contribution is 7.91. The molecular formula is C15H22N2O6S. The second kappa shape index (κ2) is 7.78. The molecule has 1 unspecified atom stereocenters. The van der Waals surface area contributed by atoms with Crippen molar-refractivity contribution >= 4 is 21.7 Å². The molecule has 0 aliphatic carbocycles. The summed E-state index contributed by atoms with van der Waals surface area (Å²) in [7, 11) is -3.10. The summed E-state index contributed by atoms with van der Waals surface area (Å²) in [5.41, 5.74) is 0.536. The Bertz CT molecular complexity index is 697. The average molecular weight is 358 g/mol. The van der Waals surface area contributed by atoms with Crippen molar-refractivity contribution in [3.8, 4) is 0 Å². The molecule has 0 spiro atoms. The molecule has 1 aromatic heterocycles. The van der Waals surface area contributed by atoms with Crippen molar-refractivity contribution in [2.45, 2.75) is 39.2 Å². The summed E-state index contributed by atoms with van der Waals surface area (Å²) in [5.74, 6) is -1.17. The van der Waals surface area contributed by atoms with Gasteiger partial charge in [-0.15, -0.1) is 0 Å². The molecule has 0 N–H and O–H groups in total. The van der Waals surface area contributed by atoms with Crippen LogP contribution in [0.5, 0.6) is 0 Å². The van der Waals surface area contributed by atoms with Gasteiger partial charge in [0.15, 0.2) is 16.4 Å². The molecule has 1 atom stereocenters. The second-order valence-electron chi connectivity index (χ2n) is 5.91. The van der Waals surface area contributed by atoms with E-state index >= 15 is 0 Å². The van der Waals surface area contributed by atoms with Gasteiger partial charge in [-0.2, -0.15) is 0 Å². The van der Waals surface area contributed by atoms with Crippen LogP contribution in [-0.2, 0) is 19.4 Å². The number of rotatable bonds is 7. The van der Waals surface area contributed by atoms with Gasteiger partial charge in [-0.3, -0.25) is 4.79 Å². The molecular weight excluding hydrogens is 336 g/mol. The number of carbonyl (C=O) groups is 2. The lowest BCUT2D eigenvalue weighted by Gasteiger charge is -2.28. The normalized spacial score (nSPS) is 19.2. The Labute approximate surface area is 141 Å². The van der Waals surface area contributed by atoms with Crippen LogP contribution in [0.25, 0.3) is 0 Å². The van der Waals surface area contributed by atoms with Gasteiger partial charge in [-0.05, 0) is 19.8 Å². The molecule has 24 heavy (non-hydrogen) atoms. The number of carbonyl (C=O) groups excluding carboxylic acids is 2. The quantitative estimate of drug-likeness (QED) is 0.668. The van der Waals surface area contributed by atoms with Crippen LogP contribution in [0, 0.1) is 6.92 Å².